The fourth-order valence-electron chi connectivity index (χ4n) is 2.04. The lowest BCUT2D eigenvalue weighted by Crippen LogP contribution is -2.44. The Morgan fingerprint density at radius 3 is 2.67 bits per heavy atom. The summed E-state index contributed by atoms with van der Waals surface area (Å²) in [6, 6.07) is -0.242. The Hall–Kier alpha value is -1.56. The molecular formula is C12H20N2O4. The van der Waals surface area contributed by atoms with Gasteiger partial charge >= 0.3 is 12.0 Å². The zero-order chi connectivity index (χ0) is 13.8. The third-order valence-corrected chi connectivity index (χ3v) is 3.25. The van der Waals surface area contributed by atoms with Crippen LogP contribution in [-0.4, -0.2) is 64.8 Å². The van der Waals surface area contributed by atoms with Crippen LogP contribution in [-0.2, 0) is 4.79 Å². The first kappa shape index (κ1) is 14.5. The SMILES string of the molecule is C=CCN(CCO)C(=O)N1CCC(C)(C(=O)O)C1. The Morgan fingerprint density at radius 1 is 1.56 bits per heavy atom. The van der Waals surface area contributed by atoms with Gasteiger partial charge in [0.15, 0.2) is 0 Å². The lowest BCUT2D eigenvalue weighted by Gasteiger charge is -2.27. The first-order valence-electron chi connectivity index (χ1n) is 5.93. The molecule has 18 heavy (non-hydrogen) atoms. The number of carbonyl (C=O) groups excluding carboxylic acids is 1. The molecule has 0 aromatic rings. The van der Waals surface area contributed by atoms with Gasteiger partial charge in [-0.3, -0.25) is 4.79 Å². The number of urea groups is 1. The van der Waals surface area contributed by atoms with Crippen LogP contribution in [0.25, 0.3) is 0 Å². The Kier molecular flexibility index (Phi) is 4.72. The van der Waals surface area contributed by atoms with Crippen LogP contribution in [0.5, 0.6) is 0 Å². The fourth-order valence-corrected chi connectivity index (χ4v) is 2.04. The van der Waals surface area contributed by atoms with E-state index < -0.39 is 11.4 Å². The number of carbonyl (C=O) groups is 2. The predicted molar refractivity (Wildman–Crippen MR) is 66.2 cm³/mol. The topological polar surface area (TPSA) is 81.1 Å². The van der Waals surface area contributed by atoms with Gasteiger partial charge in [0.2, 0.25) is 0 Å². The number of carboxylic acids is 1. The van der Waals surface area contributed by atoms with Crippen molar-refractivity contribution in [1.82, 2.24) is 9.80 Å². The standard InChI is InChI=1S/C12H20N2O4/c1-3-5-13(7-8-15)11(18)14-6-4-12(2,9-14)10(16)17/h3,15H,1,4-9H2,2H3,(H,16,17). The first-order chi connectivity index (χ1) is 8.44. The minimum Gasteiger partial charge on any atom is -0.481 e. The van der Waals surface area contributed by atoms with Crippen LogP contribution in [0.1, 0.15) is 13.3 Å². The molecule has 0 bridgehead atoms. The number of carboxylic acid groups (broad SMARTS) is 1. The van der Waals surface area contributed by atoms with Gasteiger partial charge < -0.3 is 20.0 Å². The van der Waals surface area contributed by atoms with Crippen LogP contribution in [0.4, 0.5) is 4.79 Å². The molecule has 1 fully saturated rings. The van der Waals surface area contributed by atoms with E-state index in [1.54, 1.807) is 13.0 Å². The van der Waals surface area contributed by atoms with Crippen molar-refractivity contribution in [2.24, 2.45) is 5.41 Å². The van der Waals surface area contributed by atoms with Crippen molar-refractivity contribution >= 4 is 12.0 Å². The van der Waals surface area contributed by atoms with Crippen LogP contribution in [0, 0.1) is 5.41 Å². The van der Waals surface area contributed by atoms with E-state index in [0.29, 0.717) is 19.5 Å². The van der Waals surface area contributed by atoms with E-state index in [0.717, 1.165) is 0 Å². The van der Waals surface area contributed by atoms with E-state index in [4.69, 9.17) is 10.2 Å². The van der Waals surface area contributed by atoms with Crippen LogP contribution in [0.2, 0.25) is 0 Å². The normalized spacial score (nSPS) is 22.9. The summed E-state index contributed by atoms with van der Waals surface area (Å²) in [6.45, 7) is 6.30. The quantitative estimate of drug-likeness (QED) is 0.697. The monoisotopic (exact) mass is 256 g/mol. The maximum Gasteiger partial charge on any atom is 0.320 e. The first-order valence-corrected chi connectivity index (χ1v) is 5.93. The third-order valence-electron chi connectivity index (χ3n) is 3.25. The second kappa shape index (κ2) is 5.86. The van der Waals surface area contributed by atoms with Crippen LogP contribution in [0.15, 0.2) is 12.7 Å². The van der Waals surface area contributed by atoms with Gasteiger partial charge in [-0.15, -0.1) is 6.58 Å². The average Bonchev–Trinajstić information content (AvgIpc) is 2.72. The number of aliphatic hydroxyl groups excluding tert-OH is 1. The van der Waals surface area contributed by atoms with Crippen molar-refractivity contribution in [3.8, 4) is 0 Å². The number of amides is 2. The molecule has 1 aliphatic rings. The molecule has 1 rings (SSSR count). The molecule has 6 nitrogen and oxygen atoms in total. The van der Waals surface area contributed by atoms with Gasteiger partial charge in [0.25, 0.3) is 0 Å². The molecule has 0 radical (unpaired) electrons. The van der Waals surface area contributed by atoms with Gasteiger partial charge in [-0.25, -0.2) is 4.79 Å². The summed E-state index contributed by atoms with van der Waals surface area (Å²) in [7, 11) is 0. The maximum atomic E-state index is 12.1. The average molecular weight is 256 g/mol. The van der Waals surface area contributed by atoms with Gasteiger partial charge in [-0.2, -0.15) is 0 Å². The summed E-state index contributed by atoms with van der Waals surface area (Å²) in [5.74, 6) is -0.879. The molecule has 1 atom stereocenters. The van der Waals surface area contributed by atoms with Gasteiger partial charge in [-0.05, 0) is 13.3 Å². The van der Waals surface area contributed by atoms with E-state index in [2.05, 4.69) is 6.58 Å². The molecule has 2 N–H and O–H groups in total. The van der Waals surface area contributed by atoms with Crippen molar-refractivity contribution in [3.63, 3.8) is 0 Å². The lowest BCUT2D eigenvalue weighted by atomic mass is 9.90. The lowest BCUT2D eigenvalue weighted by molar-refractivity contribution is -0.147. The van der Waals surface area contributed by atoms with Crippen LogP contribution in [0.3, 0.4) is 0 Å². The molecule has 1 saturated heterocycles. The van der Waals surface area contributed by atoms with E-state index in [-0.39, 0.29) is 25.7 Å². The van der Waals surface area contributed by atoms with Crippen LogP contribution < -0.4 is 0 Å². The summed E-state index contributed by atoms with van der Waals surface area (Å²) in [5, 5.41) is 18.0. The molecule has 0 aliphatic carbocycles. The summed E-state index contributed by atoms with van der Waals surface area (Å²) in [5.41, 5.74) is -0.866. The second-order valence-electron chi connectivity index (χ2n) is 4.78. The van der Waals surface area contributed by atoms with Crippen molar-refractivity contribution in [3.05, 3.63) is 12.7 Å². The van der Waals surface area contributed by atoms with Gasteiger partial charge in [0.1, 0.15) is 0 Å². The molecule has 2 amide bonds. The highest BCUT2D eigenvalue weighted by Gasteiger charge is 2.42. The molecular weight excluding hydrogens is 236 g/mol. The molecule has 102 valence electrons. The molecule has 0 aromatic carbocycles. The number of nitrogens with zero attached hydrogens (tertiary/aromatic N) is 2. The van der Waals surface area contributed by atoms with Gasteiger partial charge in [-0.1, -0.05) is 6.08 Å². The number of hydrogen-bond donors (Lipinski definition) is 2. The smallest absolute Gasteiger partial charge is 0.320 e. The Morgan fingerprint density at radius 2 is 2.22 bits per heavy atom. The highest BCUT2D eigenvalue weighted by Crippen LogP contribution is 2.30. The largest absolute Gasteiger partial charge is 0.481 e. The molecule has 0 aromatic heterocycles. The molecule has 0 saturated carbocycles. The zero-order valence-electron chi connectivity index (χ0n) is 10.6. The molecule has 1 aliphatic heterocycles. The highest BCUT2D eigenvalue weighted by atomic mass is 16.4. The molecule has 0 spiro atoms. The van der Waals surface area contributed by atoms with E-state index >= 15 is 0 Å². The number of aliphatic hydroxyl groups is 1. The third kappa shape index (κ3) is 3.01. The number of hydrogen-bond acceptors (Lipinski definition) is 3. The highest BCUT2D eigenvalue weighted by molar-refractivity contribution is 5.79. The Balaban J connectivity index is 2.68. The van der Waals surface area contributed by atoms with E-state index in [1.165, 1.54) is 9.80 Å². The van der Waals surface area contributed by atoms with Crippen molar-refractivity contribution in [1.29, 1.82) is 0 Å². The minimum atomic E-state index is -0.879. The maximum absolute atomic E-state index is 12.1. The molecule has 1 heterocycles. The van der Waals surface area contributed by atoms with Gasteiger partial charge in [0, 0.05) is 26.2 Å². The minimum absolute atomic E-state index is 0.121. The second-order valence-corrected chi connectivity index (χ2v) is 4.78. The zero-order valence-corrected chi connectivity index (χ0v) is 10.6. The number of aliphatic carboxylic acids is 1. The predicted octanol–water partition coefficient (Wildman–Crippen LogP) is 0.383. The molecule has 6 heteroatoms. The summed E-state index contributed by atoms with van der Waals surface area (Å²) >= 11 is 0. The van der Waals surface area contributed by atoms with Crippen molar-refractivity contribution < 1.29 is 19.8 Å². The van der Waals surface area contributed by atoms with E-state index in [1.807, 2.05) is 0 Å². The number of rotatable bonds is 5. The van der Waals surface area contributed by atoms with Crippen LogP contribution >= 0.6 is 0 Å². The molecule has 1 unspecified atom stereocenters. The fraction of sp³-hybridized carbons (Fsp3) is 0.667. The van der Waals surface area contributed by atoms with Crippen molar-refractivity contribution in [2.75, 3.05) is 32.8 Å². The Labute approximate surface area is 106 Å². The van der Waals surface area contributed by atoms with Gasteiger partial charge in [0.05, 0.1) is 12.0 Å². The number of likely N-dealkylation sites (tertiary alicyclic amines) is 1. The summed E-state index contributed by atoms with van der Waals surface area (Å²) in [4.78, 5) is 26.2. The summed E-state index contributed by atoms with van der Waals surface area (Å²) in [6.07, 6.45) is 2.04. The summed E-state index contributed by atoms with van der Waals surface area (Å²) < 4.78 is 0. The Bertz CT molecular complexity index is 345. The van der Waals surface area contributed by atoms with Crippen molar-refractivity contribution in [2.45, 2.75) is 13.3 Å². The van der Waals surface area contributed by atoms with E-state index in [9.17, 15) is 9.59 Å².